The van der Waals surface area contributed by atoms with Gasteiger partial charge in [-0.1, -0.05) is 42.5 Å². The van der Waals surface area contributed by atoms with Gasteiger partial charge in [-0.3, -0.25) is 20.0 Å². The number of aromatic nitrogens is 3. The second-order valence-electron chi connectivity index (χ2n) is 7.76. The number of nitro groups is 1. The molecule has 0 aliphatic rings. The number of nitrogens with one attached hydrogen (secondary N) is 1. The van der Waals surface area contributed by atoms with Gasteiger partial charge in [-0.05, 0) is 31.2 Å². The SMILES string of the molecule is CCOc1ccccc1N=Nc1c(-c2ccc([N+](=O)[O-])cc2)[nH]n(-c2nc(-c3ccccc3)cs2)c1=O. The summed E-state index contributed by atoms with van der Waals surface area (Å²) in [5.41, 5.74) is 2.53. The summed E-state index contributed by atoms with van der Waals surface area (Å²) in [4.78, 5) is 28.8. The van der Waals surface area contributed by atoms with Crippen LogP contribution in [0, 0.1) is 10.1 Å². The molecule has 0 bridgehead atoms. The van der Waals surface area contributed by atoms with Gasteiger partial charge in [-0.25, -0.2) is 4.98 Å². The zero-order chi connectivity index (χ0) is 25.8. The van der Waals surface area contributed by atoms with E-state index in [2.05, 4.69) is 20.3 Å². The van der Waals surface area contributed by atoms with Gasteiger partial charge < -0.3 is 4.74 Å². The van der Waals surface area contributed by atoms with Crippen molar-refractivity contribution >= 4 is 28.4 Å². The molecule has 1 N–H and O–H groups in total. The number of H-pyrrole nitrogens is 1. The van der Waals surface area contributed by atoms with Crippen LogP contribution in [0.2, 0.25) is 0 Å². The number of nitrogens with zero attached hydrogens (tertiary/aromatic N) is 5. The summed E-state index contributed by atoms with van der Waals surface area (Å²) in [6.07, 6.45) is 0. The summed E-state index contributed by atoms with van der Waals surface area (Å²) < 4.78 is 6.91. The van der Waals surface area contributed by atoms with Gasteiger partial charge in [0.25, 0.3) is 5.69 Å². The Hall–Kier alpha value is -4.90. The number of hydrogen-bond acceptors (Lipinski definition) is 8. The minimum absolute atomic E-state index is 0.0385. The summed E-state index contributed by atoms with van der Waals surface area (Å²) in [6.45, 7) is 2.31. The Bertz CT molecular complexity index is 1640. The van der Waals surface area contributed by atoms with E-state index >= 15 is 0 Å². The molecule has 0 unspecified atom stereocenters. The van der Waals surface area contributed by atoms with Crippen molar-refractivity contribution in [3.05, 3.63) is 105 Å². The zero-order valence-corrected chi connectivity index (χ0v) is 20.4. The monoisotopic (exact) mass is 512 g/mol. The third-order valence-corrected chi connectivity index (χ3v) is 6.23. The Kier molecular flexibility index (Phi) is 6.68. The molecule has 0 aliphatic carbocycles. The number of thiazole rings is 1. The van der Waals surface area contributed by atoms with Gasteiger partial charge in [0, 0.05) is 28.6 Å². The lowest BCUT2D eigenvalue weighted by Gasteiger charge is -2.04. The van der Waals surface area contributed by atoms with Crippen LogP contribution < -0.4 is 10.3 Å². The van der Waals surface area contributed by atoms with E-state index in [1.54, 1.807) is 30.3 Å². The van der Waals surface area contributed by atoms with E-state index < -0.39 is 10.5 Å². The van der Waals surface area contributed by atoms with Crippen molar-refractivity contribution < 1.29 is 9.66 Å². The summed E-state index contributed by atoms with van der Waals surface area (Å²) in [5, 5.41) is 25.0. The van der Waals surface area contributed by atoms with Gasteiger partial charge in [0.05, 0.1) is 22.9 Å². The highest BCUT2D eigenvalue weighted by molar-refractivity contribution is 7.12. The molecule has 37 heavy (non-hydrogen) atoms. The maximum Gasteiger partial charge on any atom is 0.301 e. The lowest BCUT2D eigenvalue weighted by atomic mass is 10.1. The van der Waals surface area contributed by atoms with E-state index in [4.69, 9.17) is 4.74 Å². The topological polar surface area (TPSA) is 128 Å². The number of non-ortho nitro benzene ring substituents is 1. The van der Waals surface area contributed by atoms with Crippen LogP contribution in [0.4, 0.5) is 17.1 Å². The second-order valence-corrected chi connectivity index (χ2v) is 8.60. The minimum atomic E-state index is -0.482. The normalized spacial score (nSPS) is 11.2. The Morgan fingerprint density at radius 3 is 2.46 bits per heavy atom. The molecule has 2 aromatic heterocycles. The Morgan fingerprint density at radius 1 is 1.00 bits per heavy atom. The molecule has 0 saturated carbocycles. The van der Waals surface area contributed by atoms with Crippen LogP contribution in [-0.2, 0) is 0 Å². The largest absolute Gasteiger partial charge is 0.492 e. The number of ether oxygens (including phenoxy) is 1. The van der Waals surface area contributed by atoms with E-state index in [9.17, 15) is 14.9 Å². The number of rotatable bonds is 8. The van der Waals surface area contributed by atoms with Gasteiger partial charge in [0.2, 0.25) is 5.13 Å². The zero-order valence-electron chi connectivity index (χ0n) is 19.6. The molecule has 0 spiro atoms. The molecule has 5 rings (SSSR count). The summed E-state index contributed by atoms with van der Waals surface area (Å²) in [6, 6.07) is 22.6. The number of benzene rings is 3. The molecule has 0 saturated heterocycles. The van der Waals surface area contributed by atoms with E-state index in [1.807, 2.05) is 48.7 Å². The molecule has 5 aromatic rings. The van der Waals surface area contributed by atoms with Crippen LogP contribution in [0.15, 0.2) is 99.3 Å². The standard InChI is InChI=1S/C26H20N6O4S/c1-2-36-22-11-7-6-10-20(22)28-29-24-23(18-12-14-19(15-13-18)32(34)35)30-31(25(24)33)26-27-21(16-37-26)17-8-4-3-5-9-17/h3-16,30H,2H2,1H3. The van der Waals surface area contributed by atoms with Gasteiger partial charge in [0.15, 0.2) is 5.69 Å². The molecular formula is C26H20N6O4S. The fourth-order valence-electron chi connectivity index (χ4n) is 3.64. The van der Waals surface area contributed by atoms with E-state index in [-0.39, 0.29) is 11.4 Å². The second kappa shape index (κ2) is 10.4. The summed E-state index contributed by atoms with van der Waals surface area (Å²) in [5.74, 6) is 0.536. The van der Waals surface area contributed by atoms with Crippen LogP contribution in [0.5, 0.6) is 5.75 Å². The lowest BCUT2D eigenvalue weighted by Crippen LogP contribution is -2.13. The highest BCUT2D eigenvalue weighted by Crippen LogP contribution is 2.33. The Morgan fingerprint density at radius 2 is 1.73 bits per heavy atom. The van der Waals surface area contributed by atoms with E-state index in [0.717, 1.165) is 11.3 Å². The predicted octanol–water partition coefficient (Wildman–Crippen LogP) is 6.68. The maximum absolute atomic E-state index is 13.5. The average molecular weight is 513 g/mol. The summed E-state index contributed by atoms with van der Waals surface area (Å²) in [7, 11) is 0. The van der Waals surface area contributed by atoms with Crippen molar-refractivity contribution in [2.24, 2.45) is 10.2 Å². The molecule has 11 heteroatoms. The quantitative estimate of drug-likeness (QED) is 0.141. The van der Waals surface area contributed by atoms with Crippen molar-refractivity contribution in [1.29, 1.82) is 0 Å². The molecule has 10 nitrogen and oxygen atoms in total. The molecule has 0 radical (unpaired) electrons. The van der Waals surface area contributed by atoms with Crippen LogP contribution in [-0.4, -0.2) is 26.3 Å². The molecular weight excluding hydrogens is 492 g/mol. The van der Waals surface area contributed by atoms with Crippen molar-refractivity contribution in [2.75, 3.05) is 6.61 Å². The smallest absolute Gasteiger partial charge is 0.301 e. The first-order chi connectivity index (χ1) is 18.0. The number of hydrogen-bond donors (Lipinski definition) is 1. The number of nitro benzene ring substituents is 1. The van der Waals surface area contributed by atoms with Crippen LogP contribution in [0.25, 0.3) is 27.6 Å². The average Bonchev–Trinajstić information content (AvgIpc) is 3.54. The molecule has 0 amide bonds. The third kappa shape index (κ3) is 4.93. The predicted molar refractivity (Wildman–Crippen MR) is 141 cm³/mol. The molecule has 0 aliphatic heterocycles. The van der Waals surface area contributed by atoms with Crippen LogP contribution in [0.3, 0.4) is 0 Å². The molecule has 3 aromatic carbocycles. The van der Waals surface area contributed by atoms with Crippen molar-refractivity contribution in [3.63, 3.8) is 0 Å². The van der Waals surface area contributed by atoms with Crippen molar-refractivity contribution in [2.45, 2.75) is 6.92 Å². The Labute approximate surface area is 214 Å². The van der Waals surface area contributed by atoms with Crippen molar-refractivity contribution in [1.82, 2.24) is 14.8 Å². The molecule has 184 valence electrons. The fourth-order valence-corrected chi connectivity index (χ4v) is 4.43. The van der Waals surface area contributed by atoms with Gasteiger partial charge in [-0.2, -0.15) is 4.68 Å². The van der Waals surface area contributed by atoms with E-state index in [0.29, 0.717) is 34.4 Å². The highest BCUT2D eigenvalue weighted by atomic mass is 32.1. The van der Waals surface area contributed by atoms with Crippen molar-refractivity contribution in [3.8, 4) is 33.4 Å². The fraction of sp³-hybridized carbons (Fsp3) is 0.0769. The van der Waals surface area contributed by atoms with Gasteiger partial charge >= 0.3 is 5.56 Å². The minimum Gasteiger partial charge on any atom is -0.492 e. The molecule has 2 heterocycles. The Balaban J connectivity index is 1.61. The molecule has 0 atom stereocenters. The number of aromatic amines is 1. The first kappa shape index (κ1) is 23.8. The third-order valence-electron chi connectivity index (χ3n) is 5.41. The van der Waals surface area contributed by atoms with Gasteiger partial charge in [0.1, 0.15) is 11.4 Å². The summed E-state index contributed by atoms with van der Waals surface area (Å²) >= 11 is 1.30. The first-order valence-electron chi connectivity index (χ1n) is 11.3. The van der Waals surface area contributed by atoms with Crippen LogP contribution in [0.1, 0.15) is 6.92 Å². The molecule has 0 fully saturated rings. The van der Waals surface area contributed by atoms with E-state index in [1.165, 1.54) is 28.2 Å². The number of azo groups is 1. The first-order valence-corrected chi connectivity index (χ1v) is 12.2. The van der Waals surface area contributed by atoms with Crippen LogP contribution >= 0.6 is 11.3 Å². The highest BCUT2D eigenvalue weighted by Gasteiger charge is 2.20. The maximum atomic E-state index is 13.5. The number of para-hydroxylation sites is 1. The van der Waals surface area contributed by atoms with Gasteiger partial charge in [-0.15, -0.1) is 21.6 Å². The lowest BCUT2D eigenvalue weighted by molar-refractivity contribution is -0.384.